The van der Waals surface area contributed by atoms with Crippen molar-refractivity contribution in [3.8, 4) is 6.07 Å². The quantitative estimate of drug-likeness (QED) is 0.764. The SMILES string of the molecule is CC1(C)C(C(C#N)=C(Cl)Cl)C1(C)C(=O)O. The van der Waals surface area contributed by atoms with Gasteiger partial charge in [-0.1, -0.05) is 37.0 Å². The normalized spacial score (nSPS) is 31.6. The number of aliphatic carboxylic acids is 1. The molecule has 0 saturated heterocycles. The predicted molar refractivity (Wildman–Crippen MR) is 57.4 cm³/mol. The average Bonchev–Trinajstić information content (AvgIpc) is 2.52. The molecule has 1 aliphatic rings. The predicted octanol–water partition coefficient (Wildman–Crippen LogP) is 2.95. The Morgan fingerprint density at radius 2 is 1.87 bits per heavy atom. The summed E-state index contributed by atoms with van der Waals surface area (Å²) in [6.07, 6.45) is 0. The van der Waals surface area contributed by atoms with Crippen LogP contribution in [0.5, 0.6) is 0 Å². The standard InChI is InChI=1S/C10H11Cl2NO2/c1-9(2)6(5(4-13)7(11)12)10(9,3)8(14)15/h6H,1-3H3,(H,14,15). The molecule has 0 heterocycles. The molecular formula is C10H11Cl2NO2. The number of hydrogen-bond acceptors (Lipinski definition) is 2. The summed E-state index contributed by atoms with van der Waals surface area (Å²) in [6.45, 7) is 5.19. The van der Waals surface area contributed by atoms with Crippen LogP contribution in [0, 0.1) is 28.1 Å². The monoisotopic (exact) mass is 247 g/mol. The lowest BCUT2D eigenvalue weighted by Gasteiger charge is -2.06. The number of rotatable bonds is 2. The summed E-state index contributed by atoms with van der Waals surface area (Å²) in [5.41, 5.74) is -1.31. The first kappa shape index (κ1) is 12.4. The van der Waals surface area contributed by atoms with Gasteiger partial charge >= 0.3 is 5.97 Å². The van der Waals surface area contributed by atoms with Gasteiger partial charge in [0.15, 0.2) is 0 Å². The van der Waals surface area contributed by atoms with Crippen LogP contribution in [0.1, 0.15) is 20.8 Å². The highest BCUT2D eigenvalue weighted by Crippen LogP contribution is 2.71. The van der Waals surface area contributed by atoms with Gasteiger partial charge in [0.2, 0.25) is 0 Å². The Hall–Kier alpha value is -0.720. The smallest absolute Gasteiger partial charge is 0.310 e. The first-order valence-corrected chi connectivity index (χ1v) is 5.15. The van der Waals surface area contributed by atoms with E-state index in [-0.39, 0.29) is 10.1 Å². The van der Waals surface area contributed by atoms with E-state index in [1.54, 1.807) is 20.8 Å². The summed E-state index contributed by atoms with van der Waals surface area (Å²) in [6, 6.07) is 1.88. The second-order valence-electron chi connectivity index (χ2n) is 4.45. The molecule has 0 bridgehead atoms. The number of allylic oxidation sites excluding steroid dienone is 1. The summed E-state index contributed by atoms with van der Waals surface area (Å²) in [7, 11) is 0. The van der Waals surface area contributed by atoms with Crippen molar-refractivity contribution < 1.29 is 9.90 Å². The van der Waals surface area contributed by atoms with Crippen LogP contribution in [-0.4, -0.2) is 11.1 Å². The number of halogens is 2. The van der Waals surface area contributed by atoms with E-state index in [2.05, 4.69) is 0 Å². The Bertz CT molecular complexity index is 391. The Morgan fingerprint density at radius 1 is 1.40 bits per heavy atom. The minimum Gasteiger partial charge on any atom is -0.481 e. The highest BCUT2D eigenvalue weighted by Gasteiger charge is 2.74. The van der Waals surface area contributed by atoms with Gasteiger partial charge < -0.3 is 5.11 Å². The molecule has 5 heteroatoms. The molecule has 0 amide bonds. The molecule has 0 radical (unpaired) electrons. The molecule has 1 fully saturated rings. The van der Waals surface area contributed by atoms with Crippen molar-refractivity contribution in [3.05, 3.63) is 10.1 Å². The molecule has 0 spiro atoms. The van der Waals surface area contributed by atoms with Crippen molar-refractivity contribution in [3.63, 3.8) is 0 Å². The zero-order chi connectivity index (χ0) is 12.0. The molecular weight excluding hydrogens is 237 g/mol. The summed E-state index contributed by atoms with van der Waals surface area (Å²) in [5, 5.41) is 18.0. The van der Waals surface area contributed by atoms with Crippen LogP contribution in [0.2, 0.25) is 0 Å². The second kappa shape index (κ2) is 3.40. The van der Waals surface area contributed by atoms with E-state index in [1.165, 1.54) is 0 Å². The number of carbonyl (C=O) groups is 1. The molecule has 0 aromatic heterocycles. The Labute approximate surface area is 98.3 Å². The van der Waals surface area contributed by atoms with E-state index in [0.717, 1.165) is 0 Å². The van der Waals surface area contributed by atoms with Crippen LogP contribution < -0.4 is 0 Å². The lowest BCUT2D eigenvalue weighted by molar-refractivity contribution is -0.144. The van der Waals surface area contributed by atoms with Crippen LogP contribution >= 0.6 is 23.2 Å². The molecule has 0 aliphatic heterocycles. The minimum absolute atomic E-state index is 0.138. The molecule has 1 rings (SSSR count). The first-order chi connectivity index (χ1) is 6.71. The fourth-order valence-corrected chi connectivity index (χ4v) is 2.55. The van der Waals surface area contributed by atoms with E-state index in [0.29, 0.717) is 0 Å². The maximum Gasteiger partial charge on any atom is 0.310 e. The van der Waals surface area contributed by atoms with Crippen LogP contribution in [0.15, 0.2) is 10.1 Å². The van der Waals surface area contributed by atoms with Gasteiger partial charge in [0, 0.05) is 5.92 Å². The molecule has 1 N–H and O–H groups in total. The van der Waals surface area contributed by atoms with Crippen LogP contribution in [0.3, 0.4) is 0 Å². The highest BCUT2D eigenvalue weighted by atomic mass is 35.5. The van der Waals surface area contributed by atoms with Gasteiger partial charge in [0.25, 0.3) is 0 Å². The third-order valence-corrected chi connectivity index (χ3v) is 4.02. The number of hydrogen-bond donors (Lipinski definition) is 1. The van der Waals surface area contributed by atoms with E-state index >= 15 is 0 Å². The molecule has 1 saturated carbocycles. The maximum absolute atomic E-state index is 11.1. The topological polar surface area (TPSA) is 61.1 Å². The van der Waals surface area contributed by atoms with Gasteiger partial charge in [-0.05, 0) is 12.3 Å². The van der Waals surface area contributed by atoms with Crippen molar-refractivity contribution in [2.75, 3.05) is 0 Å². The van der Waals surface area contributed by atoms with Crippen molar-refractivity contribution in [2.45, 2.75) is 20.8 Å². The first-order valence-electron chi connectivity index (χ1n) is 4.40. The lowest BCUT2D eigenvalue weighted by Crippen LogP contribution is -2.17. The maximum atomic E-state index is 11.1. The van der Waals surface area contributed by atoms with Crippen LogP contribution in [-0.2, 0) is 4.79 Å². The third-order valence-electron chi connectivity index (χ3n) is 3.61. The molecule has 3 nitrogen and oxygen atoms in total. The summed E-state index contributed by atoms with van der Waals surface area (Å²) >= 11 is 11.1. The van der Waals surface area contributed by atoms with Gasteiger partial charge in [-0.3, -0.25) is 4.79 Å². The summed E-state index contributed by atoms with van der Waals surface area (Å²) in [4.78, 5) is 11.1. The summed E-state index contributed by atoms with van der Waals surface area (Å²) < 4.78 is -0.138. The van der Waals surface area contributed by atoms with E-state index in [4.69, 9.17) is 33.6 Å². The molecule has 15 heavy (non-hydrogen) atoms. The third kappa shape index (κ3) is 1.44. The number of carboxylic acid groups (broad SMARTS) is 1. The summed E-state index contributed by atoms with van der Waals surface area (Å²) in [5.74, 6) is -1.35. The van der Waals surface area contributed by atoms with E-state index in [1.807, 2.05) is 6.07 Å². The highest BCUT2D eigenvalue weighted by molar-refractivity contribution is 6.56. The van der Waals surface area contributed by atoms with Gasteiger partial charge in [-0.25, -0.2) is 0 Å². The van der Waals surface area contributed by atoms with Gasteiger partial charge in [-0.15, -0.1) is 0 Å². The van der Waals surface area contributed by atoms with Crippen molar-refractivity contribution in [1.82, 2.24) is 0 Å². The molecule has 0 aromatic carbocycles. The Morgan fingerprint density at radius 3 is 2.07 bits per heavy atom. The molecule has 82 valence electrons. The number of nitrogens with zero attached hydrogens (tertiary/aromatic N) is 1. The van der Waals surface area contributed by atoms with E-state index < -0.39 is 22.7 Å². The van der Waals surface area contributed by atoms with Gasteiger partial charge in [0.05, 0.1) is 17.1 Å². The molecule has 1 aliphatic carbocycles. The van der Waals surface area contributed by atoms with Gasteiger partial charge in [0.1, 0.15) is 4.49 Å². The number of carboxylic acids is 1. The fourth-order valence-electron chi connectivity index (χ4n) is 2.24. The van der Waals surface area contributed by atoms with Crippen LogP contribution in [0.4, 0.5) is 0 Å². The zero-order valence-corrected chi connectivity index (χ0v) is 10.1. The van der Waals surface area contributed by atoms with E-state index in [9.17, 15) is 4.79 Å². The zero-order valence-electron chi connectivity index (χ0n) is 8.64. The van der Waals surface area contributed by atoms with Crippen molar-refractivity contribution in [2.24, 2.45) is 16.7 Å². The Kier molecular flexibility index (Phi) is 2.80. The largest absolute Gasteiger partial charge is 0.481 e. The number of nitriles is 1. The molecule has 2 atom stereocenters. The minimum atomic E-state index is -0.965. The van der Waals surface area contributed by atoms with Crippen molar-refractivity contribution in [1.29, 1.82) is 5.26 Å². The fraction of sp³-hybridized carbons (Fsp3) is 0.600. The van der Waals surface area contributed by atoms with Crippen LogP contribution in [0.25, 0.3) is 0 Å². The lowest BCUT2D eigenvalue weighted by atomic mass is 9.99. The van der Waals surface area contributed by atoms with Crippen molar-refractivity contribution >= 4 is 29.2 Å². The second-order valence-corrected chi connectivity index (χ2v) is 5.40. The van der Waals surface area contributed by atoms with Gasteiger partial charge in [-0.2, -0.15) is 5.26 Å². The average molecular weight is 248 g/mol. The molecule has 0 aromatic rings. The molecule has 2 unspecified atom stereocenters. The Balaban J connectivity index is 3.20.